The molecule has 2 aromatic carbocycles. The van der Waals surface area contributed by atoms with Crippen molar-refractivity contribution in [3.8, 4) is 11.3 Å². The van der Waals surface area contributed by atoms with Gasteiger partial charge in [0.1, 0.15) is 5.69 Å². The third kappa shape index (κ3) is 6.95. The number of hydrogen-bond donors (Lipinski definition) is 1. The van der Waals surface area contributed by atoms with Gasteiger partial charge in [0.2, 0.25) is 5.88 Å². The molecule has 7 heteroatoms. The third-order valence-electron chi connectivity index (χ3n) is 6.53. The van der Waals surface area contributed by atoms with Gasteiger partial charge in [-0.05, 0) is 37.8 Å². The molecule has 1 aliphatic rings. The first-order valence-electron chi connectivity index (χ1n) is 12.9. The molecule has 0 radical (unpaired) electrons. The fourth-order valence-electron chi connectivity index (χ4n) is 4.73. The zero-order valence-corrected chi connectivity index (χ0v) is 21.7. The number of aromatic nitrogens is 1. The van der Waals surface area contributed by atoms with Crippen LogP contribution in [-0.4, -0.2) is 67.3 Å². The molecule has 4 rings (SSSR count). The van der Waals surface area contributed by atoms with Gasteiger partial charge in [-0.15, -0.1) is 0 Å². The van der Waals surface area contributed by atoms with Gasteiger partial charge in [0, 0.05) is 52.0 Å². The van der Waals surface area contributed by atoms with E-state index in [9.17, 15) is 5.11 Å². The summed E-state index contributed by atoms with van der Waals surface area (Å²) in [4.78, 5) is 4.55. The van der Waals surface area contributed by atoms with Crippen LogP contribution in [0.3, 0.4) is 0 Å². The van der Waals surface area contributed by atoms with Crippen LogP contribution in [-0.2, 0) is 29.0 Å². The Hall–Kier alpha value is -2.71. The number of fused-ring (bicyclic) bond motifs is 1. The Bertz CT molecular complexity index is 1070. The smallest absolute Gasteiger partial charge is 0.232 e. The summed E-state index contributed by atoms with van der Waals surface area (Å²) in [6.07, 6.45) is 1.34. The zero-order valence-electron chi connectivity index (χ0n) is 21.7. The minimum atomic E-state index is -0.583. The second kappa shape index (κ2) is 13.0. The number of ether oxygens (including phenoxy) is 2. The summed E-state index contributed by atoms with van der Waals surface area (Å²) in [6, 6.07) is 18.8. The van der Waals surface area contributed by atoms with Crippen LogP contribution in [0.25, 0.3) is 11.3 Å². The van der Waals surface area contributed by atoms with Crippen molar-refractivity contribution in [2.45, 2.75) is 52.0 Å². The van der Waals surface area contributed by atoms with E-state index in [2.05, 4.69) is 51.4 Å². The maximum absolute atomic E-state index is 10.7. The molecule has 36 heavy (non-hydrogen) atoms. The minimum absolute atomic E-state index is 0.0814. The van der Waals surface area contributed by atoms with Gasteiger partial charge in [-0.2, -0.15) is 0 Å². The molecule has 1 N–H and O–H groups in total. The molecule has 0 saturated heterocycles. The van der Waals surface area contributed by atoms with Crippen molar-refractivity contribution < 1.29 is 19.1 Å². The first-order chi connectivity index (χ1) is 17.5. The topological polar surface area (TPSA) is 71.2 Å². The minimum Gasteiger partial charge on any atom is -0.389 e. The van der Waals surface area contributed by atoms with Gasteiger partial charge in [0.15, 0.2) is 0 Å². The van der Waals surface area contributed by atoms with Gasteiger partial charge in [-0.25, -0.2) is 0 Å². The molecule has 194 valence electrons. The molecular formula is C29H39N3O4. The Balaban J connectivity index is 1.61. The molecule has 1 aromatic heterocycles. The largest absolute Gasteiger partial charge is 0.389 e. The average Bonchev–Trinajstić information content (AvgIpc) is 3.31. The number of rotatable bonds is 13. The maximum Gasteiger partial charge on any atom is 0.232 e. The summed E-state index contributed by atoms with van der Waals surface area (Å²) in [6.45, 7) is 8.51. The van der Waals surface area contributed by atoms with Gasteiger partial charge in [0.05, 0.1) is 24.4 Å². The van der Waals surface area contributed by atoms with Gasteiger partial charge in [0.25, 0.3) is 0 Å². The van der Waals surface area contributed by atoms with E-state index in [1.54, 1.807) is 7.11 Å². The molecule has 3 aromatic rings. The Morgan fingerprint density at radius 3 is 2.58 bits per heavy atom. The number of aliphatic hydroxyl groups excluding tert-OH is 1. The van der Waals surface area contributed by atoms with Crippen molar-refractivity contribution in [1.82, 2.24) is 10.1 Å². The summed E-state index contributed by atoms with van der Waals surface area (Å²) in [5, 5.41) is 15.3. The van der Waals surface area contributed by atoms with Crippen LogP contribution in [0.4, 0.5) is 5.88 Å². The SMILES string of the molecule is COCCCN(Cc1c(-c2ccccc2)noc1N1CCc2ccccc2C1)C[C@H](O)COC(C)C. The van der Waals surface area contributed by atoms with Crippen LogP contribution in [0, 0.1) is 0 Å². The van der Waals surface area contributed by atoms with E-state index in [0.29, 0.717) is 26.3 Å². The van der Waals surface area contributed by atoms with Crippen LogP contribution < -0.4 is 4.90 Å². The van der Waals surface area contributed by atoms with Crippen molar-refractivity contribution >= 4 is 5.88 Å². The molecule has 1 aliphatic heterocycles. The van der Waals surface area contributed by atoms with Crippen molar-refractivity contribution in [2.75, 3.05) is 44.9 Å². The molecule has 0 spiro atoms. The van der Waals surface area contributed by atoms with Crippen molar-refractivity contribution in [3.05, 3.63) is 71.3 Å². The molecule has 7 nitrogen and oxygen atoms in total. The highest BCUT2D eigenvalue weighted by Gasteiger charge is 2.27. The van der Waals surface area contributed by atoms with Crippen molar-refractivity contribution in [3.63, 3.8) is 0 Å². The predicted molar refractivity (Wildman–Crippen MR) is 142 cm³/mol. The van der Waals surface area contributed by atoms with Gasteiger partial charge < -0.3 is 24.0 Å². The second-order valence-corrected chi connectivity index (χ2v) is 9.74. The quantitative estimate of drug-likeness (QED) is 0.351. The van der Waals surface area contributed by atoms with E-state index in [4.69, 9.17) is 14.0 Å². The van der Waals surface area contributed by atoms with E-state index in [1.807, 2.05) is 32.0 Å². The van der Waals surface area contributed by atoms with Crippen LogP contribution in [0.15, 0.2) is 59.1 Å². The van der Waals surface area contributed by atoms with Crippen LogP contribution >= 0.6 is 0 Å². The normalized spacial score (nSPS) is 14.4. The predicted octanol–water partition coefficient (Wildman–Crippen LogP) is 4.53. The lowest BCUT2D eigenvalue weighted by molar-refractivity contribution is -0.0103. The summed E-state index contributed by atoms with van der Waals surface area (Å²) >= 11 is 0. The Morgan fingerprint density at radius 1 is 1.08 bits per heavy atom. The summed E-state index contributed by atoms with van der Waals surface area (Å²) in [7, 11) is 1.72. The Kier molecular flexibility index (Phi) is 9.53. The van der Waals surface area contributed by atoms with E-state index >= 15 is 0 Å². The lowest BCUT2D eigenvalue weighted by atomic mass is 9.99. The lowest BCUT2D eigenvalue weighted by Gasteiger charge is -2.30. The molecule has 0 fully saturated rings. The molecule has 2 heterocycles. The highest BCUT2D eigenvalue weighted by molar-refractivity contribution is 5.68. The van der Waals surface area contributed by atoms with Gasteiger partial charge in [-0.3, -0.25) is 4.90 Å². The third-order valence-corrected chi connectivity index (χ3v) is 6.53. The number of anilines is 1. The highest BCUT2D eigenvalue weighted by Crippen LogP contribution is 2.35. The van der Waals surface area contributed by atoms with Crippen LogP contribution in [0.1, 0.15) is 37.0 Å². The monoisotopic (exact) mass is 493 g/mol. The van der Waals surface area contributed by atoms with Gasteiger partial charge in [-0.1, -0.05) is 59.8 Å². The van der Waals surface area contributed by atoms with E-state index < -0.39 is 6.10 Å². The molecule has 1 atom stereocenters. The Labute approximate surface area is 214 Å². The Morgan fingerprint density at radius 2 is 1.83 bits per heavy atom. The fourth-order valence-corrected chi connectivity index (χ4v) is 4.73. The molecular weight excluding hydrogens is 454 g/mol. The number of hydrogen-bond acceptors (Lipinski definition) is 7. The van der Waals surface area contributed by atoms with Gasteiger partial charge >= 0.3 is 0 Å². The highest BCUT2D eigenvalue weighted by atomic mass is 16.5. The van der Waals surface area contributed by atoms with Crippen molar-refractivity contribution in [1.29, 1.82) is 0 Å². The fraction of sp³-hybridized carbons (Fsp3) is 0.483. The van der Waals surface area contributed by atoms with Crippen molar-refractivity contribution in [2.24, 2.45) is 0 Å². The molecule has 0 saturated carbocycles. The molecule has 0 amide bonds. The molecule has 0 bridgehead atoms. The summed E-state index contributed by atoms with van der Waals surface area (Å²) in [5.41, 5.74) is 5.66. The van der Waals surface area contributed by atoms with E-state index in [-0.39, 0.29) is 6.10 Å². The molecule has 0 unspecified atom stereocenters. The second-order valence-electron chi connectivity index (χ2n) is 9.74. The number of methoxy groups -OCH3 is 1. The first kappa shape index (κ1) is 26.4. The lowest BCUT2D eigenvalue weighted by Crippen LogP contribution is -2.37. The summed E-state index contributed by atoms with van der Waals surface area (Å²) < 4.78 is 17.0. The average molecular weight is 494 g/mol. The first-order valence-corrected chi connectivity index (χ1v) is 12.9. The number of nitrogens with zero attached hydrogens (tertiary/aromatic N) is 3. The summed E-state index contributed by atoms with van der Waals surface area (Å²) in [5.74, 6) is 0.813. The van der Waals surface area contributed by atoms with Crippen LogP contribution in [0.5, 0.6) is 0 Å². The van der Waals surface area contributed by atoms with Crippen LogP contribution in [0.2, 0.25) is 0 Å². The van der Waals surface area contributed by atoms with E-state index in [1.165, 1.54) is 11.1 Å². The maximum atomic E-state index is 10.7. The van der Waals surface area contributed by atoms with E-state index in [0.717, 1.165) is 55.2 Å². The number of benzene rings is 2. The molecule has 0 aliphatic carbocycles. The zero-order chi connectivity index (χ0) is 25.3. The number of aliphatic hydroxyl groups is 1. The standard InChI is InChI=1S/C29H39N3O4/c1-22(2)35-21-26(33)19-31(15-9-17-34-3)20-27-28(24-11-5-4-6-12-24)30-36-29(27)32-16-14-23-10-7-8-13-25(23)18-32/h4-8,10-13,22,26,33H,9,14-21H2,1-3H3/t26-/m0/s1.